The van der Waals surface area contributed by atoms with Crippen LogP contribution in [0.1, 0.15) is 40.0 Å². The summed E-state index contributed by atoms with van der Waals surface area (Å²) in [6, 6.07) is 1.51. The van der Waals surface area contributed by atoms with Gasteiger partial charge in [-0.2, -0.15) is 0 Å². The van der Waals surface area contributed by atoms with Crippen molar-refractivity contribution in [3.63, 3.8) is 0 Å². The maximum Gasteiger partial charge on any atom is 0.00910 e. The second-order valence-corrected chi connectivity index (χ2v) is 4.87. The predicted octanol–water partition coefficient (Wildman–Crippen LogP) is 2.10. The van der Waals surface area contributed by atoms with Crippen molar-refractivity contribution in [2.24, 2.45) is 5.92 Å². The zero-order valence-electron chi connectivity index (χ0n) is 10.2. The largest absolute Gasteiger partial charge is 0.317 e. The van der Waals surface area contributed by atoms with Crippen molar-refractivity contribution in [2.75, 3.05) is 20.1 Å². The highest BCUT2D eigenvalue weighted by Gasteiger charge is 2.24. The highest BCUT2D eigenvalue weighted by atomic mass is 15.2. The van der Waals surface area contributed by atoms with Crippen molar-refractivity contribution in [1.29, 1.82) is 0 Å². The van der Waals surface area contributed by atoms with Crippen molar-refractivity contribution in [3.05, 3.63) is 0 Å². The van der Waals surface area contributed by atoms with E-state index < -0.39 is 0 Å². The number of likely N-dealkylation sites (tertiary alicyclic amines) is 1. The fraction of sp³-hybridized carbons (Fsp3) is 1.00. The Labute approximate surface area is 89.1 Å². The number of rotatable bonds is 4. The zero-order valence-corrected chi connectivity index (χ0v) is 10.2. The molecule has 0 aromatic carbocycles. The fourth-order valence-electron chi connectivity index (χ4n) is 2.28. The minimum absolute atomic E-state index is 0.748. The van der Waals surface area contributed by atoms with Gasteiger partial charge in [-0.25, -0.2) is 0 Å². The van der Waals surface area contributed by atoms with Crippen LogP contribution in [0.25, 0.3) is 0 Å². The first-order valence-corrected chi connectivity index (χ1v) is 6.08. The normalized spacial score (nSPS) is 31.7. The van der Waals surface area contributed by atoms with Gasteiger partial charge in [0.05, 0.1) is 0 Å². The number of hydrogen-bond donors (Lipinski definition) is 1. The lowest BCUT2D eigenvalue weighted by Gasteiger charge is -2.38. The van der Waals surface area contributed by atoms with Gasteiger partial charge in [-0.15, -0.1) is 0 Å². The fourth-order valence-corrected chi connectivity index (χ4v) is 2.28. The van der Waals surface area contributed by atoms with Crippen LogP contribution in [0.2, 0.25) is 0 Å². The molecule has 1 N–H and O–H groups in total. The van der Waals surface area contributed by atoms with Crippen LogP contribution in [0.3, 0.4) is 0 Å². The van der Waals surface area contributed by atoms with Crippen LogP contribution < -0.4 is 5.32 Å². The summed E-state index contributed by atoms with van der Waals surface area (Å²) in [4.78, 5) is 2.65. The van der Waals surface area contributed by atoms with E-state index in [1.807, 2.05) is 0 Å². The van der Waals surface area contributed by atoms with Gasteiger partial charge in [0, 0.05) is 18.6 Å². The van der Waals surface area contributed by atoms with Gasteiger partial charge < -0.3 is 10.2 Å². The maximum absolute atomic E-state index is 3.40. The second kappa shape index (κ2) is 5.72. The Bertz CT molecular complexity index is 158. The van der Waals surface area contributed by atoms with E-state index in [1.54, 1.807) is 0 Å². The van der Waals surface area contributed by atoms with Crippen LogP contribution in [0.4, 0.5) is 0 Å². The molecule has 0 radical (unpaired) electrons. The molecule has 0 bridgehead atoms. The number of hydrogen-bond acceptors (Lipinski definition) is 2. The van der Waals surface area contributed by atoms with E-state index in [0.717, 1.165) is 18.0 Å². The highest BCUT2D eigenvalue weighted by Crippen LogP contribution is 2.19. The summed E-state index contributed by atoms with van der Waals surface area (Å²) >= 11 is 0. The monoisotopic (exact) mass is 198 g/mol. The summed E-state index contributed by atoms with van der Waals surface area (Å²) in [5.41, 5.74) is 0. The van der Waals surface area contributed by atoms with Crippen LogP contribution in [-0.2, 0) is 0 Å². The van der Waals surface area contributed by atoms with E-state index in [-0.39, 0.29) is 0 Å². The minimum atomic E-state index is 0.748. The molecule has 0 aliphatic carbocycles. The number of nitrogens with one attached hydrogen (secondary N) is 1. The topological polar surface area (TPSA) is 15.3 Å². The molecule has 3 atom stereocenters. The molecule has 0 aromatic heterocycles. The third-order valence-corrected chi connectivity index (χ3v) is 3.67. The van der Waals surface area contributed by atoms with Crippen molar-refractivity contribution in [3.8, 4) is 0 Å². The first kappa shape index (κ1) is 12.0. The molecule has 1 rings (SSSR count). The maximum atomic E-state index is 3.40. The molecule has 3 unspecified atom stereocenters. The third-order valence-electron chi connectivity index (χ3n) is 3.67. The van der Waals surface area contributed by atoms with Crippen molar-refractivity contribution in [2.45, 2.75) is 52.1 Å². The van der Waals surface area contributed by atoms with Gasteiger partial charge in [0.15, 0.2) is 0 Å². The molecule has 1 fully saturated rings. The Morgan fingerprint density at radius 1 is 1.50 bits per heavy atom. The quantitative estimate of drug-likeness (QED) is 0.744. The molecular formula is C12H26N2. The molecule has 0 aromatic rings. The molecule has 1 aliphatic rings. The SMILES string of the molecule is CCC(C)CN1CCC(NC)CC1C. The van der Waals surface area contributed by atoms with Crippen molar-refractivity contribution < 1.29 is 0 Å². The number of nitrogens with zero attached hydrogens (tertiary/aromatic N) is 1. The molecule has 1 heterocycles. The van der Waals surface area contributed by atoms with Crippen LogP contribution in [0.5, 0.6) is 0 Å². The molecular weight excluding hydrogens is 172 g/mol. The molecule has 0 saturated carbocycles. The summed E-state index contributed by atoms with van der Waals surface area (Å²) in [7, 11) is 2.09. The Balaban J connectivity index is 2.34. The standard InChI is InChI=1S/C12H26N2/c1-5-10(2)9-14-7-6-12(13-4)8-11(14)3/h10-13H,5-9H2,1-4H3. The minimum Gasteiger partial charge on any atom is -0.317 e. The zero-order chi connectivity index (χ0) is 10.6. The van der Waals surface area contributed by atoms with Gasteiger partial charge in [-0.3, -0.25) is 0 Å². The van der Waals surface area contributed by atoms with Crippen molar-refractivity contribution >= 4 is 0 Å². The van der Waals surface area contributed by atoms with E-state index in [4.69, 9.17) is 0 Å². The summed E-state index contributed by atoms with van der Waals surface area (Å²) in [6.07, 6.45) is 3.93. The van der Waals surface area contributed by atoms with E-state index in [2.05, 4.69) is 38.0 Å². The highest BCUT2D eigenvalue weighted by molar-refractivity contribution is 4.82. The first-order chi connectivity index (χ1) is 6.67. The lowest BCUT2D eigenvalue weighted by atomic mass is 9.96. The molecule has 2 nitrogen and oxygen atoms in total. The summed E-state index contributed by atoms with van der Waals surface area (Å²) < 4.78 is 0. The molecule has 1 saturated heterocycles. The molecule has 2 heteroatoms. The molecule has 14 heavy (non-hydrogen) atoms. The number of piperidine rings is 1. The Kier molecular flexibility index (Phi) is 4.90. The first-order valence-electron chi connectivity index (χ1n) is 6.08. The summed E-state index contributed by atoms with van der Waals surface area (Å²) in [5, 5.41) is 3.40. The van der Waals surface area contributed by atoms with Crippen molar-refractivity contribution in [1.82, 2.24) is 10.2 Å². The van der Waals surface area contributed by atoms with E-state index in [0.29, 0.717) is 0 Å². The van der Waals surface area contributed by atoms with E-state index in [1.165, 1.54) is 32.4 Å². The van der Waals surface area contributed by atoms with E-state index >= 15 is 0 Å². The van der Waals surface area contributed by atoms with Crippen LogP contribution in [-0.4, -0.2) is 37.1 Å². The van der Waals surface area contributed by atoms with Gasteiger partial charge in [0.25, 0.3) is 0 Å². The van der Waals surface area contributed by atoms with Crippen LogP contribution in [0, 0.1) is 5.92 Å². The molecule has 0 amide bonds. The molecule has 1 aliphatic heterocycles. The predicted molar refractivity (Wildman–Crippen MR) is 62.6 cm³/mol. The van der Waals surface area contributed by atoms with Gasteiger partial charge in [-0.1, -0.05) is 20.3 Å². The van der Waals surface area contributed by atoms with Crippen LogP contribution in [0.15, 0.2) is 0 Å². The molecule has 84 valence electrons. The smallest absolute Gasteiger partial charge is 0.00910 e. The third kappa shape index (κ3) is 3.25. The average molecular weight is 198 g/mol. The van der Waals surface area contributed by atoms with Gasteiger partial charge in [-0.05, 0) is 39.3 Å². The van der Waals surface area contributed by atoms with Gasteiger partial charge in [0.1, 0.15) is 0 Å². The van der Waals surface area contributed by atoms with Gasteiger partial charge >= 0.3 is 0 Å². The lowest BCUT2D eigenvalue weighted by molar-refractivity contribution is 0.120. The Hall–Kier alpha value is -0.0800. The lowest BCUT2D eigenvalue weighted by Crippen LogP contribution is -2.47. The summed E-state index contributed by atoms with van der Waals surface area (Å²) in [5.74, 6) is 0.851. The Morgan fingerprint density at radius 2 is 2.21 bits per heavy atom. The second-order valence-electron chi connectivity index (χ2n) is 4.87. The average Bonchev–Trinajstić information content (AvgIpc) is 2.20. The van der Waals surface area contributed by atoms with Crippen LogP contribution >= 0.6 is 0 Å². The molecule has 0 spiro atoms. The van der Waals surface area contributed by atoms with E-state index in [9.17, 15) is 0 Å². The van der Waals surface area contributed by atoms with Gasteiger partial charge in [0.2, 0.25) is 0 Å². The summed E-state index contributed by atoms with van der Waals surface area (Å²) in [6.45, 7) is 9.57. The Morgan fingerprint density at radius 3 is 2.71 bits per heavy atom.